The summed E-state index contributed by atoms with van der Waals surface area (Å²) in [5.74, 6) is -0.279. The van der Waals surface area contributed by atoms with Gasteiger partial charge in [-0.3, -0.25) is 4.79 Å². The Morgan fingerprint density at radius 1 is 1.53 bits per heavy atom. The minimum Gasteiger partial charge on any atom is -0.465 e. The number of hydrogen-bond donors (Lipinski definition) is 1. The molecule has 0 radical (unpaired) electrons. The molecule has 0 amide bonds. The molecule has 2 unspecified atom stereocenters. The van der Waals surface area contributed by atoms with E-state index in [1.165, 1.54) is 25.7 Å². The van der Waals surface area contributed by atoms with Crippen LogP contribution in [-0.4, -0.2) is 28.6 Å². The van der Waals surface area contributed by atoms with Gasteiger partial charge in [0.15, 0.2) is 0 Å². The number of ether oxygens (including phenoxy) is 1. The Morgan fingerprint density at radius 3 is 2.65 bits per heavy atom. The highest BCUT2D eigenvalue weighted by molar-refractivity contribution is 8.00. The standard InChI is InChI=1S/C13H25NO2S/c1-4-16-12(15)13(3,14)9-10(2)17-11-7-5-6-8-11/h10-11H,4-9,14H2,1-3H3. The summed E-state index contributed by atoms with van der Waals surface area (Å²) in [7, 11) is 0. The lowest BCUT2D eigenvalue weighted by Crippen LogP contribution is -2.48. The summed E-state index contributed by atoms with van der Waals surface area (Å²) >= 11 is 1.98. The average Bonchev–Trinajstić information content (AvgIpc) is 2.69. The molecule has 17 heavy (non-hydrogen) atoms. The Labute approximate surface area is 109 Å². The van der Waals surface area contributed by atoms with Gasteiger partial charge in [-0.15, -0.1) is 0 Å². The average molecular weight is 259 g/mol. The Morgan fingerprint density at radius 2 is 2.12 bits per heavy atom. The molecule has 0 spiro atoms. The van der Waals surface area contributed by atoms with Crippen LogP contribution in [0.4, 0.5) is 0 Å². The molecule has 0 heterocycles. The molecular weight excluding hydrogens is 234 g/mol. The predicted molar refractivity (Wildman–Crippen MR) is 73.2 cm³/mol. The molecule has 1 saturated carbocycles. The first-order valence-electron chi connectivity index (χ1n) is 6.57. The van der Waals surface area contributed by atoms with Crippen LogP contribution >= 0.6 is 11.8 Å². The molecule has 2 atom stereocenters. The highest BCUT2D eigenvalue weighted by Gasteiger charge is 2.32. The summed E-state index contributed by atoms with van der Waals surface area (Å²) in [6.45, 7) is 6.14. The van der Waals surface area contributed by atoms with Gasteiger partial charge in [0.2, 0.25) is 0 Å². The van der Waals surface area contributed by atoms with Gasteiger partial charge in [0.05, 0.1) is 6.61 Å². The highest BCUT2D eigenvalue weighted by Crippen LogP contribution is 2.34. The first-order valence-corrected chi connectivity index (χ1v) is 7.51. The predicted octanol–water partition coefficient (Wildman–Crippen LogP) is 2.72. The van der Waals surface area contributed by atoms with E-state index in [2.05, 4.69) is 6.92 Å². The van der Waals surface area contributed by atoms with E-state index < -0.39 is 5.54 Å². The molecule has 2 N–H and O–H groups in total. The zero-order valence-corrected chi connectivity index (χ0v) is 12.0. The van der Waals surface area contributed by atoms with Crippen LogP contribution in [0.3, 0.4) is 0 Å². The Hall–Kier alpha value is -0.220. The molecule has 1 fully saturated rings. The second kappa shape index (κ2) is 6.64. The van der Waals surface area contributed by atoms with Crippen molar-refractivity contribution in [3.63, 3.8) is 0 Å². The molecule has 0 aromatic rings. The molecule has 0 aliphatic heterocycles. The summed E-state index contributed by atoms with van der Waals surface area (Å²) in [4.78, 5) is 11.7. The lowest BCUT2D eigenvalue weighted by atomic mass is 9.98. The van der Waals surface area contributed by atoms with Crippen LogP contribution in [0.2, 0.25) is 0 Å². The van der Waals surface area contributed by atoms with Crippen LogP contribution in [0, 0.1) is 0 Å². The van der Waals surface area contributed by atoms with Crippen molar-refractivity contribution in [2.75, 3.05) is 6.61 Å². The van der Waals surface area contributed by atoms with Crippen molar-refractivity contribution in [2.24, 2.45) is 5.73 Å². The molecule has 0 bridgehead atoms. The fourth-order valence-corrected chi connectivity index (χ4v) is 4.08. The fourth-order valence-electron chi connectivity index (χ4n) is 2.38. The van der Waals surface area contributed by atoms with E-state index in [1.54, 1.807) is 6.92 Å². The SMILES string of the molecule is CCOC(=O)C(C)(N)CC(C)SC1CCCC1. The second-order valence-corrected chi connectivity index (χ2v) is 6.94. The second-order valence-electron chi connectivity index (χ2n) is 5.20. The Kier molecular flexibility index (Phi) is 5.80. The molecular formula is C13H25NO2S. The van der Waals surface area contributed by atoms with Crippen LogP contribution in [0.1, 0.15) is 52.9 Å². The van der Waals surface area contributed by atoms with E-state index in [1.807, 2.05) is 18.7 Å². The van der Waals surface area contributed by atoms with E-state index in [9.17, 15) is 4.79 Å². The van der Waals surface area contributed by atoms with Crippen LogP contribution in [0.5, 0.6) is 0 Å². The quantitative estimate of drug-likeness (QED) is 0.745. The van der Waals surface area contributed by atoms with E-state index in [4.69, 9.17) is 10.5 Å². The zero-order valence-electron chi connectivity index (χ0n) is 11.2. The summed E-state index contributed by atoms with van der Waals surface area (Å²) in [6.07, 6.45) is 6.02. The molecule has 1 rings (SSSR count). The molecule has 0 saturated heterocycles. The van der Waals surface area contributed by atoms with Gasteiger partial charge >= 0.3 is 5.97 Å². The lowest BCUT2D eigenvalue weighted by molar-refractivity contribution is -0.149. The monoisotopic (exact) mass is 259 g/mol. The van der Waals surface area contributed by atoms with Gasteiger partial charge < -0.3 is 10.5 Å². The van der Waals surface area contributed by atoms with E-state index in [-0.39, 0.29) is 5.97 Å². The van der Waals surface area contributed by atoms with Gasteiger partial charge in [0.1, 0.15) is 5.54 Å². The first-order chi connectivity index (χ1) is 7.95. The highest BCUT2D eigenvalue weighted by atomic mass is 32.2. The maximum absolute atomic E-state index is 11.7. The van der Waals surface area contributed by atoms with Gasteiger partial charge in [-0.25, -0.2) is 0 Å². The van der Waals surface area contributed by atoms with Gasteiger partial charge in [-0.1, -0.05) is 19.8 Å². The van der Waals surface area contributed by atoms with E-state index in [0.717, 1.165) is 5.25 Å². The zero-order chi connectivity index (χ0) is 12.9. The number of thioether (sulfide) groups is 1. The molecule has 100 valence electrons. The normalized spacial score (nSPS) is 22.1. The van der Waals surface area contributed by atoms with E-state index >= 15 is 0 Å². The molecule has 1 aliphatic carbocycles. The Balaban J connectivity index is 2.37. The number of carbonyl (C=O) groups excluding carboxylic acids is 1. The smallest absolute Gasteiger partial charge is 0.325 e. The summed E-state index contributed by atoms with van der Waals surface area (Å²) < 4.78 is 5.00. The third-order valence-electron chi connectivity index (χ3n) is 3.18. The van der Waals surface area contributed by atoms with Crippen molar-refractivity contribution >= 4 is 17.7 Å². The van der Waals surface area contributed by atoms with Crippen molar-refractivity contribution < 1.29 is 9.53 Å². The third kappa shape index (κ3) is 4.88. The van der Waals surface area contributed by atoms with Crippen molar-refractivity contribution in [1.82, 2.24) is 0 Å². The Bertz CT molecular complexity index is 250. The molecule has 4 heteroatoms. The molecule has 0 aromatic heterocycles. The van der Waals surface area contributed by atoms with Crippen molar-refractivity contribution in [3.8, 4) is 0 Å². The van der Waals surface area contributed by atoms with Gasteiger partial charge in [0.25, 0.3) is 0 Å². The molecule has 1 aliphatic rings. The van der Waals surface area contributed by atoms with Crippen LogP contribution in [0.25, 0.3) is 0 Å². The van der Waals surface area contributed by atoms with Gasteiger partial charge in [-0.05, 0) is 33.1 Å². The minimum atomic E-state index is -0.846. The summed E-state index contributed by atoms with van der Waals surface area (Å²) in [5.41, 5.74) is 5.19. The first kappa shape index (κ1) is 14.8. The van der Waals surface area contributed by atoms with Crippen molar-refractivity contribution in [2.45, 2.75) is 68.9 Å². The molecule has 0 aromatic carbocycles. The summed E-state index contributed by atoms with van der Waals surface area (Å²) in [5, 5.41) is 1.18. The number of carbonyl (C=O) groups is 1. The fraction of sp³-hybridized carbons (Fsp3) is 0.923. The number of rotatable bonds is 6. The maximum Gasteiger partial charge on any atom is 0.325 e. The van der Waals surface area contributed by atoms with Crippen LogP contribution in [0.15, 0.2) is 0 Å². The van der Waals surface area contributed by atoms with Crippen molar-refractivity contribution in [1.29, 1.82) is 0 Å². The topological polar surface area (TPSA) is 52.3 Å². The van der Waals surface area contributed by atoms with E-state index in [0.29, 0.717) is 18.3 Å². The number of nitrogens with two attached hydrogens (primary N) is 1. The number of hydrogen-bond acceptors (Lipinski definition) is 4. The largest absolute Gasteiger partial charge is 0.465 e. The van der Waals surface area contributed by atoms with Gasteiger partial charge in [-0.2, -0.15) is 11.8 Å². The van der Waals surface area contributed by atoms with Crippen LogP contribution in [-0.2, 0) is 9.53 Å². The number of esters is 1. The lowest BCUT2D eigenvalue weighted by Gasteiger charge is -2.26. The summed E-state index contributed by atoms with van der Waals surface area (Å²) in [6, 6.07) is 0. The van der Waals surface area contributed by atoms with Gasteiger partial charge in [0, 0.05) is 10.5 Å². The minimum absolute atomic E-state index is 0.279. The molecule has 3 nitrogen and oxygen atoms in total. The maximum atomic E-state index is 11.7. The van der Waals surface area contributed by atoms with Crippen molar-refractivity contribution in [3.05, 3.63) is 0 Å². The third-order valence-corrected chi connectivity index (χ3v) is 4.67. The van der Waals surface area contributed by atoms with Crippen LogP contribution < -0.4 is 5.73 Å².